The third-order valence-corrected chi connectivity index (χ3v) is 4.61. The molecule has 2 amide bonds. The lowest BCUT2D eigenvalue weighted by molar-refractivity contribution is -0.136. The molecule has 2 aliphatic carbocycles. The summed E-state index contributed by atoms with van der Waals surface area (Å²) in [6.07, 6.45) is 4.63. The quantitative estimate of drug-likeness (QED) is 0.613. The number of nitrogens with zero attached hydrogens (tertiary/aromatic N) is 1. The van der Waals surface area contributed by atoms with E-state index in [2.05, 4.69) is 32.9 Å². The molecule has 1 heterocycles. The van der Waals surface area contributed by atoms with E-state index in [1.165, 1.54) is 0 Å². The average molecular weight is 371 g/mol. The van der Waals surface area contributed by atoms with Gasteiger partial charge in [-0.25, -0.2) is 0 Å². The first-order valence-electron chi connectivity index (χ1n) is 6.23. The van der Waals surface area contributed by atoms with Crippen molar-refractivity contribution in [1.82, 2.24) is 10.3 Å². The molecule has 1 aromatic heterocycles. The number of carbonyl (C=O) groups is 2. The van der Waals surface area contributed by atoms with Gasteiger partial charge in [-0.3, -0.25) is 14.6 Å². The number of aromatic nitrogens is 1. The first kappa shape index (κ1) is 12.8. The van der Waals surface area contributed by atoms with E-state index in [0.29, 0.717) is 12.8 Å². The minimum atomic E-state index is -0.960. The lowest BCUT2D eigenvalue weighted by atomic mass is 10.0. The number of nitrogens with one attached hydrogen (secondary N) is 1. The monoisotopic (exact) mass is 371 g/mol. The number of rotatable bonds is 4. The van der Waals surface area contributed by atoms with Crippen molar-refractivity contribution in [3.8, 4) is 0 Å². The fourth-order valence-electron chi connectivity index (χ4n) is 2.28. The van der Waals surface area contributed by atoms with Gasteiger partial charge in [-0.05, 0) is 60.4 Å². The average Bonchev–Trinajstić information content (AvgIpc) is 3.24. The SMILES string of the molecule is NC(=O)C1(C(=O)NC2(c3ccc(I)cn3)CC2)CC1. The summed E-state index contributed by atoms with van der Waals surface area (Å²) in [4.78, 5) is 28.0. The van der Waals surface area contributed by atoms with Gasteiger partial charge in [0, 0.05) is 9.77 Å². The molecule has 3 rings (SSSR count). The second kappa shape index (κ2) is 4.16. The van der Waals surface area contributed by atoms with Gasteiger partial charge in [0.15, 0.2) is 0 Å². The Balaban J connectivity index is 1.78. The Labute approximate surface area is 124 Å². The van der Waals surface area contributed by atoms with Crippen molar-refractivity contribution in [3.63, 3.8) is 0 Å². The maximum Gasteiger partial charge on any atom is 0.236 e. The van der Waals surface area contributed by atoms with Crippen LogP contribution in [0.1, 0.15) is 31.4 Å². The van der Waals surface area contributed by atoms with E-state index in [1.807, 2.05) is 12.1 Å². The Bertz CT molecular complexity index is 548. The van der Waals surface area contributed by atoms with Gasteiger partial charge in [-0.15, -0.1) is 0 Å². The molecule has 2 aliphatic rings. The van der Waals surface area contributed by atoms with Gasteiger partial charge in [-0.1, -0.05) is 0 Å². The maximum atomic E-state index is 12.2. The molecule has 19 heavy (non-hydrogen) atoms. The van der Waals surface area contributed by atoms with Crippen molar-refractivity contribution in [2.45, 2.75) is 31.2 Å². The van der Waals surface area contributed by atoms with Crippen LogP contribution in [0.3, 0.4) is 0 Å². The Morgan fingerprint density at radius 2 is 1.95 bits per heavy atom. The predicted octanol–water partition coefficient (Wildman–Crippen LogP) is 1.06. The standard InChI is InChI=1S/C13H14IN3O2/c14-8-1-2-9(16-7-8)13(5-6-13)17-11(19)12(3-4-12)10(15)18/h1-2,7H,3-6H2,(H2,15,18)(H,17,19). The van der Waals surface area contributed by atoms with E-state index in [1.54, 1.807) is 6.20 Å². The molecule has 2 saturated carbocycles. The zero-order valence-electron chi connectivity index (χ0n) is 10.3. The summed E-state index contributed by atoms with van der Waals surface area (Å²) in [6.45, 7) is 0. The molecule has 0 unspecified atom stereocenters. The van der Waals surface area contributed by atoms with Crippen molar-refractivity contribution < 1.29 is 9.59 Å². The van der Waals surface area contributed by atoms with Crippen molar-refractivity contribution in [3.05, 3.63) is 27.6 Å². The third-order valence-electron chi connectivity index (χ3n) is 3.98. The molecule has 100 valence electrons. The highest BCUT2D eigenvalue weighted by Gasteiger charge is 2.58. The summed E-state index contributed by atoms with van der Waals surface area (Å²) in [5, 5.41) is 2.98. The second-order valence-electron chi connectivity index (χ2n) is 5.34. The topological polar surface area (TPSA) is 85.1 Å². The lowest BCUT2D eigenvalue weighted by Gasteiger charge is -2.20. The van der Waals surface area contributed by atoms with Crippen molar-refractivity contribution >= 4 is 34.4 Å². The molecule has 0 spiro atoms. The van der Waals surface area contributed by atoms with Crippen LogP contribution in [-0.4, -0.2) is 16.8 Å². The van der Waals surface area contributed by atoms with Crippen LogP contribution in [0.4, 0.5) is 0 Å². The molecule has 0 aromatic carbocycles. The highest BCUT2D eigenvalue weighted by Crippen LogP contribution is 2.50. The summed E-state index contributed by atoms with van der Waals surface area (Å²) < 4.78 is 1.05. The van der Waals surface area contributed by atoms with Gasteiger partial charge in [0.05, 0.1) is 11.2 Å². The third kappa shape index (κ3) is 2.11. The molecule has 0 aliphatic heterocycles. The molecule has 5 nitrogen and oxygen atoms in total. The molecule has 0 saturated heterocycles. The number of halogens is 1. The molecular weight excluding hydrogens is 357 g/mol. The normalized spacial score (nSPS) is 21.5. The number of nitrogens with two attached hydrogens (primary N) is 1. The van der Waals surface area contributed by atoms with Crippen LogP contribution in [0.15, 0.2) is 18.3 Å². The van der Waals surface area contributed by atoms with Gasteiger partial charge >= 0.3 is 0 Å². The van der Waals surface area contributed by atoms with E-state index in [-0.39, 0.29) is 11.4 Å². The van der Waals surface area contributed by atoms with Gasteiger partial charge in [0.1, 0.15) is 5.41 Å². The van der Waals surface area contributed by atoms with Gasteiger partial charge < -0.3 is 11.1 Å². The summed E-state index contributed by atoms with van der Waals surface area (Å²) in [5.74, 6) is -0.755. The fraction of sp³-hybridized carbons (Fsp3) is 0.462. The molecule has 6 heteroatoms. The Morgan fingerprint density at radius 1 is 1.26 bits per heavy atom. The largest absolute Gasteiger partial charge is 0.369 e. The number of primary amides is 1. The van der Waals surface area contributed by atoms with Crippen LogP contribution in [0.25, 0.3) is 0 Å². The van der Waals surface area contributed by atoms with Gasteiger partial charge in [0.2, 0.25) is 11.8 Å². The summed E-state index contributed by atoms with van der Waals surface area (Å²) in [5.41, 5.74) is 4.84. The van der Waals surface area contributed by atoms with Crippen LogP contribution in [0, 0.1) is 8.99 Å². The minimum absolute atomic E-state index is 0.238. The minimum Gasteiger partial charge on any atom is -0.369 e. The van der Waals surface area contributed by atoms with Crippen LogP contribution in [0.2, 0.25) is 0 Å². The number of pyridine rings is 1. The molecule has 0 atom stereocenters. The van der Waals surface area contributed by atoms with E-state index >= 15 is 0 Å². The Morgan fingerprint density at radius 3 is 2.37 bits per heavy atom. The smallest absolute Gasteiger partial charge is 0.236 e. The van der Waals surface area contributed by atoms with Crippen LogP contribution < -0.4 is 11.1 Å². The Kier molecular flexibility index (Phi) is 2.81. The van der Waals surface area contributed by atoms with Gasteiger partial charge in [-0.2, -0.15) is 0 Å². The van der Waals surface area contributed by atoms with Crippen LogP contribution in [-0.2, 0) is 15.1 Å². The van der Waals surface area contributed by atoms with E-state index in [9.17, 15) is 9.59 Å². The maximum absolute atomic E-state index is 12.2. The zero-order valence-corrected chi connectivity index (χ0v) is 12.4. The molecule has 0 bridgehead atoms. The molecule has 0 radical (unpaired) electrons. The molecule has 3 N–H and O–H groups in total. The number of hydrogen-bond acceptors (Lipinski definition) is 3. The van der Waals surface area contributed by atoms with Gasteiger partial charge in [0.25, 0.3) is 0 Å². The number of amides is 2. The van der Waals surface area contributed by atoms with Crippen molar-refractivity contribution in [2.75, 3.05) is 0 Å². The summed E-state index contributed by atoms with van der Waals surface area (Å²) in [6, 6.07) is 3.90. The van der Waals surface area contributed by atoms with Crippen molar-refractivity contribution in [2.24, 2.45) is 11.1 Å². The van der Waals surface area contributed by atoms with Crippen LogP contribution >= 0.6 is 22.6 Å². The lowest BCUT2D eigenvalue weighted by Crippen LogP contribution is -2.45. The fourth-order valence-corrected chi connectivity index (χ4v) is 2.60. The van der Waals surface area contributed by atoms with E-state index in [0.717, 1.165) is 22.1 Å². The molecular formula is C13H14IN3O2. The number of carbonyl (C=O) groups excluding carboxylic acids is 2. The highest BCUT2D eigenvalue weighted by atomic mass is 127. The second-order valence-corrected chi connectivity index (χ2v) is 6.59. The first-order valence-corrected chi connectivity index (χ1v) is 7.31. The Hall–Kier alpha value is -1.18. The van der Waals surface area contributed by atoms with E-state index < -0.39 is 11.3 Å². The summed E-state index contributed by atoms with van der Waals surface area (Å²) in [7, 11) is 0. The van der Waals surface area contributed by atoms with Crippen LogP contribution in [0.5, 0.6) is 0 Å². The molecule has 1 aromatic rings. The predicted molar refractivity (Wildman–Crippen MR) is 76.9 cm³/mol. The van der Waals surface area contributed by atoms with Crippen molar-refractivity contribution in [1.29, 1.82) is 0 Å². The molecule has 2 fully saturated rings. The summed E-state index contributed by atoms with van der Waals surface area (Å²) >= 11 is 2.19. The first-order chi connectivity index (χ1) is 8.98. The highest BCUT2D eigenvalue weighted by molar-refractivity contribution is 14.1. The zero-order chi connectivity index (χ0) is 13.7. The number of hydrogen-bond donors (Lipinski definition) is 2. The van der Waals surface area contributed by atoms with E-state index in [4.69, 9.17) is 5.73 Å².